The van der Waals surface area contributed by atoms with Gasteiger partial charge in [-0.3, -0.25) is 9.59 Å². The number of rotatable bonds is 2. The van der Waals surface area contributed by atoms with Crippen LogP contribution in [0.4, 0.5) is 5.69 Å². The predicted molar refractivity (Wildman–Crippen MR) is 72.8 cm³/mol. The van der Waals surface area contributed by atoms with E-state index in [-0.39, 0.29) is 11.9 Å². The van der Waals surface area contributed by atoms with Crippen molar-refractivity contribution < 1.29 is 9.59 Å². The van der Waals surface area contributed by atoms with Crippen LogP contribution in [0.3, 0.4) is 0 Å². The molecule has 1 aromatic rings. The van der Waals surface area contributed by atoms with Crippen molar-refractivity contribution in [1.82, 2.24) is 4.90 Å². The van der Waals surface area contributed by atoms with Gasteiger partial charge in [0.25, 0.3) is 0 Å². The third kappa shape index (κ3) is 2.11. The van der Waals surface area contributed by atoms with Gasteiger partial charge in [-0.15, -0.1) is 0 Å². The largest absolute Gasteiger partial charge is 0.338 e. The van der Waals surface area contributed by atoms with Gasteiger partial charge < -0.3 is 9.80 Å². The summed E-state index contributed by atoms with van der Waals surface area (Å²) >= 11 is 0. The second kappa shape index (κ2) is 4.68. The lowest BCUT2D eigenvalue weighted by Gasteiger charge is -2.32. The lowest BCUT2D eigenvalue weighted by Crippen LogP contribution is -2.37. The van der Waals surface area contributed by atoms with Gasteiger partial charge >= 0.3 is 0 Å². The van der Waals surface area contributed by atoms with Crippen LogP contribution in [0.25, 0.3) is 0 Å². The van der Waals surface area contributed by atoms with Crippen molar-refractivity contribution in [3.8, 4) is 0 Å². The number of carbonyl (C=O) groups excluding carboxylic acids is 2. The minimum absolute atomic E-state index is 0.221. The molecular weight excluding hydrogens is 240 g/mol. The molecule has 0 bridgehead atoms. The van der Waals surface area contributed by atoms with Gasteiger partial charge in [0.2, 0.25) is 12.3 Å². The van der Waals surface area contributed by atoms with Crippen molar-refractivity contribution in [1.29, 1.82) is 0 Å². The second-order valence-corrected chi connectivity index (χ2v) is 5.43. The van der Waals surface area contributed by atoms with Gasteiger partial charge in [0.05, 0.1) is 0 Å². The Morgan fingerprint density at radius 1 is 1.32 bits per heavy atom. The van der Waals surface area contributed by atoms with Gasteiger partial charge in [-0.05, 0) is 43.0 Å². The SMILES string of the molecule is CC1Cc2cc(N3CCCC3=O)ccc2CN1C=O. The number of fused-ring (bicyclic) bond motifs is 1. The molecule has 1 aromatic carbocycles. The van der Waals surface area contributed by atoms with Crippen LogP contribution >= 0.6 is 0 Å². The molecule has 2 heterocycles. The number of carbonyl (C=O) groups is 2. The second-order valence-electron chi connectivity index (χ2n) is 5.43. The average Bonchev–Trinajstić information content (AvgIpc) is 2.83. The van der Waals surface area contributed by atoms with E-state index in [1.807, 2.05) is 15.9 Å². The van der Waals surface area contributed by atoms with E-state index in [4.69, 9.17) is 0 Å². The number of hydrogen-bond acceptors (Lipinski definition) is 2. The fraction of sp³-hybridized carbons (Fsp3) is 0.467. The van der Waals surface area contributed by atoms with Crippen LogP contribution in [-0.4, -0.2) is 29.8 Å². The van der Waals surface area contributed by atoms with Crippen molar-refractivity contribution >= 4 is 18.0 Å². The Kier molecular flexibility index (Phi) is 3.01. The molecule has 1 fully saturated rings. The van der Waals surface area contributed by atoms with Gasteiger partial charge in [0.1, 0.15) is 0 Å². The molecule has 0 aliphatic carbocycles. The Morgan fingerprint density at radius 2 is 2.16 bits per heavy atom. The van der Waals surface area contributed by atoms with Crippen LogP contribution < -0.4 is 4.90 Å². The first-order valence-corrected chi connectivity index (χ1v) is 6.82. The minimum atomic E-state index is 0.221. The summed E-state index contributed by atoms with van der Waals surface area (Å²) < 4.78 is 0. The Balaban J connectivity index is 1.90. The maximum atomic E-state index is 11.8. The normalized spacial score (nSPS) is 22.6. The summed E-state index contributed by atoms with van der Waals surface area (Å²) in [5, 5.41) is 0. The molecule has 0 aromatic heterocycles. The summed E-state index contributed by atoms with van der Waals surface area (Å²) in [6.07, 6.45) is 3.40. The molecule has 3 rings (SSSR count). The molecular formula is C15H18N2O2. The van der Waals surface area contributed by atoms with Crippen LogP contribution in [0.1, 0.15) is 30.9 Å². The molecule has 1 unspecified atom stereocenters. The summed E-state index contributed by atoms with van der Waals surface area (Å²) in [6, 6.07) is 6.41. The van der Waals surface area contributed by atoms with E-state index in [1.54, 1.807) is 0 Å². The number of hydrogen-bond donors (Lipinski definition) is 0. The first-order valence-electron chi connectivity index (χ1n) is 6.82. The van der Waals surface area contributed by atoms with E-state index < -0.39 is 0 Å². The Labute approximate surface area is 113 Å². The summed E-state index contributed by atoms with van der Waals surface area (Å²) in [5.41, 5.74) is 3.47. The molecule has 2 amide bonds. The van der Waals surface area contributed by atoms with E-state index in [9.17, 15) is 9.59 Å². The van der Waals surface area contributed by atoms with Crippen molar-refractivity contribution in [3.05, 3.63) is 29.3 Å². The highest BCUT2D eigenvalue weighted by Gasteiger charge is 2.25. The molecule has 4 heteroatoms. The van der Waals surface area contributed by atoms with Crippen LogP contribution in [0.15, 0.2) is 18.2 Å². The Hall–Kier alpha value is -1.84. The highest BCUT2D eigenvalue weighted by Crippen LogP contribution is 2.28. The quantitative estimate of drug-likeness (QED) is 0.758. The molecule has 0 saturated carbocycles. The van der Waals surface area contributed by atoms with Crippen LogP contribution in [-0.2, 0) is 22.6 Å². The van der Waals surface area contributed by atoms with Crippen LogP contribution in [0, 0.1) is 0 Å². The van der Waals surface area contributed by atoms with Gasteiger partial charge in [-0.1, -0.05) is 6.07 Å². The summed E-state index contributed by atoms with van der Waals surface area (Å²) in [7, 11) is 0. The zero-order valence-corrected chi connectivity index (χ0v) is 11.1. The van der Waals surface area contributed by atoms with Crippen LogP contribution in [0.2, 0.25) is 0 Å². The first-order chi connectivity index (χ1) is 9.19. The van der Waals surface area contributed by atoms with E-state index in [1.165, 1.54) is 11.1 Å². The summed E-state index contributed by atoms with van der Waals surface area (Å²) in [5.74, 6) is 0.221. The molecule has 0 spiro atoms. The summed E-state index contributed by atoms with van der Waals surface area (Å²) in [6.45, 7) is 3.56. The zero-order valence-electron chi connectivity index (χ0n) is 11.1. The molecule has 0 N–H and O–H groups in total. The highest BCUT2D eigenvalue weighted by atomic mass is 16.2. The van der Waals surface area contributed by atoms with Crippen molar-refractivity contribution in [2.75, 3.05) is 11.4 Å². The molecule has 1 saturated heterocycles. The molecule has 0 radical (unpaired) electrons. The molecule has 2 aliphatic rings. The zero-order chi connectivity index (χ0) is 13.4. The van der Waals surface area contributed by atoms with Gasteiger partial charge in [-0.2, -0.15) is 0 Å². The lowest BCUT2D eigenvalue weighted by atomic mass is 9.94. The fourth-order valence-electron chi connectivity index (χ4n) is 2.97. The maximum absolute atomic E-state index is 11.8. The van der Waals surface area contributed by atoms with E-state index in [0.717, 1.165) is 31.5 Å². The predicted octanol–water partition coefficient (Wildman–Crippen LogP) is 1.72. The number of benzene rings is 1. The molecule has 19 heavy (non-hydrogen) atoms. The Morgan fingerprint density at radius 3 is 2.84 bits per heavy atom. The van der Waals surface area contributed by atoms with Crippen molar-refractivity contribution in [2.45, 2.75) is 38.8 Å². The fourth-order valence-corrected chi connectivity index (χ4v) is 2.97. The summed E-state index contributed by atoms with van der Waals surface area (Å²) in [4.78, 5) is 26.4. The highest BCUT2D eigenvalue weighted by molar-refractivity contribution is 5.95. The number of anilines is 1. The first kappa shape index (κ1) is 12.2. The van der Waals surface area contributed by atoms with Gasteiger partial charge in [-0.25, -0.2) is 0 Å². The average molecular weight is 258 g/mol. The topological polar surface area (TPSA) is 40.6 Å². The molecule has 2 aliphatic heterocycles. The maximum Gasteiger partial charge on any atom is 0.227 e. The van der Waals surface area contributed by atoms with E-state index in [0.29, 0.717) is 13.0 Å². The molecule has 100 valence electrons. The smallest absolute Gasteiger partial charge is 0.227 e. The van der Waals surface area contributed by atoms with Gasteiger partial charge in [0.15, 0.2) is 0 Å². The van der Waals surface area contributed by atoms with Crippen molar-refractivity contribution in [3.63, 3.8) is 0 Å². The lowest BCUT2D eigenvalue weighted by molar-refractivity contribution is -0.121. The van der Waals surface area contributed by atoms with Gasteiger partial charge in [0, 0.05) is 31.2 Å². The third-order valence-electron chi connectivity index (χ3n) is 4.14. The molecule has 4 nitrogen and oxygen atoms in total. The van der Waals surface area contributed by atoms with Crippen LogP contribution in [0.5, 0.6) is 0 Å². The van der Waals surface area contributed by atoms with E-state index >= 15 is 0 Å². The minimum Gasteiger partial charge on any atom is -0.338 e. The molecule has 1 atom stereocenters. The number of nitrogens with zero attached hydrogens (tertiary/aromatic N) is 2. The number of amides is 2. The van der Waals surface area contributed by atoms with E-state index in [2.05, 4.69) is 19.1 Å². The monoisotopic (exact) mass is 258 g/mol. The third-order valence-corrected chi connectivity index (χ3v) is 4.14. The Bertz CT molecular complexity index is 527. The standard InChI is InChI=1S/C15H18N2O2/c1-11-7-13-8-14(17-6-2-3-15(17)19)5-4-12(13)9-16(11)10-18/h4-5,8,10-11H,2-3,6-7,9H2,1H3. The van der Waals surface area contributed by atoms with Crippen molar-refractivity contribution in [2.24, 2.45) is 0 Å².